The predicted octanol–water partition coefficient (Wildman–Crippen LogP) is 13.4. The molecule has 0 aliphatic rings. The molecule has 11 aromatic rings. The molecular formula is C46H26O2. The topological polar surface area (TPSA) is 26.3 Å². The third kappa shape index (κ3) is 3.46. The van der Waals surface area contributed by atoms with Crippen molar-refractivity contribution in [2.45, 2.75) is 0 Å². The number of para-hydroxylation sites is 1. The molecule has 0 spiro atoms. The summed E-state index contributed by atoms with van der Waals surface area (Å²) in [5.74, 6) is 0. The van der Waals surface area contributed by atoms with Crippen LogP contribution in [0.25, 0.3) is 110 Å². The van der Waals surface area contributed by atoms with Crippen LogP contribution in [0.4, 0.5) is 0 Å². The highest BCUT2D eigenvalue weighted by Gasteiger charge is 2.25. The molecule has 2 aromatic heterocycles. The largest absolute Gasteiger partial charge is 0.456 e. The van der Waals surface area contributed by atoms with E-state index in [0.717, 1.165) is 43.9 Å². The lowest BCUT2D eigenvalue weighted by molar-refractivity contribution is 0.663. The van der Waals surface area contributed by atoms with Crippen molar-refractivity contribution in [3.63, 3.8) is 0 Å². The first-order valence-electron chi connectivity index (χ1n) is 16.4. The van der Waals surface area contributed by atoms with Gasteiger partial charge in [0, 0.05) is 16.2 Å². The third-order valence-electron chi connectivity index (χ3n) is 10.2. The molecular weight excluding hydrogens is 585 g/mol. The lowest BCUT2D eigenvalue weighted by atomic mass is 9.83. The first kappa shape index (κ1) is 25.8. The second-order valence-electron chi connectivity index (χ2n) is 12.8. The average Bonchev–Trinajstić information content (AvgIpc) is 3.72. The molecule has 0 N–H and O–H groups in total. The maximum absolute atomic E-state index is 6.72. The minimum atomic E-state index is 0.843. The molecule has 2 nitrogen and oxygen atoms in total. The second kappa shape index (κ2) is 9.57. The van der Waals surface area contributed by atoms with Gasteiger partial charge in [-0.15, -0.1) is 0 Å². The quantitative estimate of drug-likeness (QED) is 0.147. The zero-order valence-electron chi connectivity index (χ0n) is 25.8. The molecule has 0 aliphatic heterocycles. The number of benzene rings is 9. The Morgan fingerprint density at radius 3 is 1.62 bits per heavy atom. The molecule has 2 heterocycles. The minimum absolute atomic E-state index is 0.843. The van der Waals surface area contributed by atoms with Gasteiger partial charge in [0.05, 0.1) is 5.39 Å². The normalized spacial score (nSPS) is 12.2. The van der Waals surface area contributed by atoms with E-state index >= 15 is 0 Å². The molecule has 9 aromatic carbocycles. The Labute approximate surface area is 275 Å². The molecule has 0 atom stereocenters. The molecule has 222 valence electrons. The molecule has 0 unspecified atom stereocenters. The van der Waals surface area contributed by atoms with Crippen LogP contribution in [0.1, 0.15) is 0 Å². The first-order valence-corrected chi connectivity index (χ1v) is 16.4. The van der Waals surface area contributed by atoms with Gasteiger partial charge in [0.15, 0.2) is 0 Å². The molecule has 11 rings (SSSR count). The summed E-state index contributed by atoms with van der Waals surface area (Å²) in [4.78, 5) is 0. The first-order chi connectivity index (χ1) is 23.8. The van der Waals surface area contributed by atoms with Crippen molar-refractivity contribution in [1.82, 2.24) is 0 Å². The fourth-order valence-electron chi connectivity index (χ4n) is 8.17. The fourth-order valence-corrected chi connectivity index (χ4v) is 8.17. The number of furan rings is 2. The molecule has 0 radical (unpaired) electrons. The van der Waals surface area contributed by atoms with Crippen LogP contribution in [0, 0.1) is 0 Å². The fraction of sp³-hybridized carbons (Fsp3) is 0. The van der Waals surface area contributed by atoms with E-state index in [2.05, 4.69) is 146 Å². The van der Waals surface area contributed by atoms with E-state index in [-0.39, 0.29) is 0 Å². The molecule has 0 amide bonds. The Hall–Kier alpha value is -6.38. The standard InChI is InChI=1S/C46H26O2/c1-2-11-27(12-3-1)28-21-23-29(24-22-28)41-31-14-4-6-16-33(31)43(34-17-7-5-15-32(34)41)36-25-30-13-10-20-39-42(30)45-37(36)26-40-44(46(45)48-39)35-18-8-9-19-38(35)47-40/h1-26H. The van der Waals surface area contributed by atoms with Gasteiger partial charge in [-0.3, -0.25) is 0 Å². The van der Waals surface area contributed by atoms with Crippen molar-refractivity contribution < 1.29 is 8.83 Å². The van der Waals surface area contributed by atoms with Gasteiger partial charge in [-0.1, -0.05) is 133 Å². The summed E-state index contributed by atoms with van der Waals surface area (Å²) in [7, 11) is 0. The van der Waals surface area contributed by atoms with Crippen LogP contribution >= 0.6 is 0 Å². The highest BCUT2D eigenvalue weighted by molar-refractivity contribution is 6.35. The van der Waals surface area contributed by atoms with Gasteiger partial charge < -0.3 is 8.83 Å². The Morgan fingerprint density at radius 1 is 0.312 bits per heavy atom. The summed E-state index contributed by atoms with van der Waals surface area (Å²) >= 11 is 0. The van der Waals surface area contributed by atoms with Crippen molar-refractivity contribution in [3.8, 4) is 33.4 Å². The van der Waals surface area contributed by atoms with E-state index in [4.69, 9.17) is 8.83 Å². The smallest absolute Gasteiger partial charge is 0.147 e. The van der Waals surface area contributed by atoms with Crippen LogP contribution in [0.15, 0.2) is 167 Å². The van der Waals surface area contributed by atoms with Crippen LogP contribution in [-0.2, 0) is 0 Å². The third-order valence-corrected chi connectivity index (χ3v) is 10.2. The number of hydrogen-bond donors (Lipinski definition) is 0. The summed E-state index contributed by atoms with van der Waals surface area (Å²) in [6.45, 7) is 0. The number of fused-ring (bicyclic) bond motifs is 6. The summed E-state index contributed by atoms with van der Waals surface area (Å²) in [6.07, 6.45) is 0. The van der Waals surface area contributed by atoms with Gasteiger partial charge in [-0.2, -0.15) is 0 Å². The van der Waals surface area contributed by atoms with Crippen molar-refractivity contribution in [3.05, 3.63) is 158 Å². The van der Waals surface area contributed by atoms with Crippen molar-refractivity contribution in [2.75, 3.05) is 0 Å². The molecule has 0 saturated carbocycles. The molecule has 0 fully saturated rings. The zero-order valence-corrected chi connectivity index (χ0v) is 25.8. The van der Waals surface area contributed by atoms with E-state index in [1.165, 1.54) is 65.7 Å². The summed E-state index contributed by atoms with van der Waals surface area (Å²) in [6, 6.07) is 56.6. The summed E-state index contributed by atoms with van der Waals surface area (Å²) < 4.78 is 13.2. The van der Waals surface area contributed by atoms with Gasteiger partial charge in [-0.25, -0.2) is 0 Å². The average molecular weight is 611 g/mol. The van der Waals surface area contributed by atoms with Crippen LogP contribution < -0.4 is 0 Å². The van der Waals surface area contributed by atoms with Gasteiger partial charge in [0.2, 0.25) is 0 Å². The monoisotopic (exact) mass is 610 g/mol. The van der Waals surface area contributed by atoms with E-state index in [0.29, 0.717) is 0 Å². The van der Waals surface area contributed by atoms with Crippen molar-refractivity contribution >= 4 is 76.2 Å². The Balaban J connectivity index is 1.26. The second-order valence-corrected chi connectivity index (χ2v) is 12.8. The maximum Gasteiger partial charge on any atom is 0.147 e. The number of hydrogen-bond acceptors (Lipinski definition) is 2. The van der Waals surface area contributed by atoms with Gasteiger partial charge in [-0.05, 0) is 90.0 Å². The molecule has 2 heteroatoms. The number of rotatable bonds is 3. The molecule has 0 saturated heterocycles. The molecule has 48 heavy (non-hydrogen) atoms. The Kier molecular flexibility index (Phi) is 5.14. The van der Waals surface area contributed by atoms with Gasteiger partial charge in [0.25, 0.3) is 0 Å². The lowest BCUT2D eigenvalue weighted by Crippen LogP contribution is -1.92. The Bertz CT molecular complexity index is 2980. The highest BCUT2D eigenvalue weighted by Crippen LogP contribution is 2.50. The van der Waals surface area contributed by atoms with Crippen LogP contribution in [-0.4, -0.2) is 0 Å². The SMILES string of the molecule is c1ccc(-c2ccc(-c3c4ccccc4c(-c4cc5cccc6oc7c8c(cc4c7c56)oc4ccccc48)c4ccccc34)cc2)cc1. The Morgan fingerprint density at radius 2 is 0.896 bits per heavy atom. The maximum atomic E-state index is 6.72. The van der Waals surface area contributed by atoms with Crippen LogP contribution in [0.3, 0.4) is 0 Å². The predicted molar refractivity (Wildman–Crippen MR) is 201 cm³/mol. The van der Waals surface area contributed by atoms with Gasteiger partial charge >= 0.3 is 0 Å². The van der Waals surface area contributed by atoms with E-state index in [1.54, 1.807) is 0 Å². The summed E-state index contributed by atoms with van der Waals surface area (Å²) in [5, 5.41) is 11.7. The van der Waals surface area contributed by atoms with E-state index in [9.17, 15) is 0 Å². The van der Waals surface area contributed by atoms with Crippen molar-refractivity contribution in [2.24, 2.45) is 0 Å². The zero-order chi connectivity index (χ0) is 31.3. The van der Waals surface area contributed by atoms with Gasteiger partial charge in [0.1, 0.15) is 22.3 Å². The molecule has 0 bridgehead atoms. The van der Waals surface area contributed by atoms with E-state index in [1.807, 2.05) is 12.1 Å². The molecule has 0 aliphatic carbocycles. The van der Waals surface area contributed by atoms with Crippen molar-refractivity contribution in [1.29, 1.82) is 0 Å². The van der Waals surface area contributed by atoms with E-state index < -0.39 is 0 Å². The summed E-state index contributed by atoms with van der Waals surface area (Å²) in [5.41, 5.74) is 10.8. The lowest BCUT2D eigenvalue weighted by Gasteiger charge is -2.19. The van der Waals surface area contributed by atoms with Crippen LogP contribution in [0.5, 0.6) is 0 Å². The highest BCUT2D eigenvalue weighted by atomic mass is 16.3. The minimum Gasteiger partial charge on any atom is -0.456 e. The van der Waals surface area contributed by atoms with Crippen LogP contribution in [0.2, 0.25) is 0 Å².